The number of hydrogen-bond acceptors (Lipinski definition) is 6. The number of aromatic nitrogens is 3. The SMILES string of the molecule is O=C(CCc1ncc(-c2ccc(F)cc2)o1)Nc1nnc(C(F)(F)F)s1. The summed E-state index contributed by atoms with van der Waals surface area (Å²) in [5, 5.41) is 7.12. The zero-order valence-corrected chi connectivity index (χ0v) is 13.7. The van der Waals surface area contributed by atoms with Crippen LogP contribution in [-0.4, -0.2) is 21.1 Å². The maximum Gasteiger partial charge on any atom is 0.445 e. The van der Waals surface area contributed by atoms with Crippen molar-refractivity contribution in [3.05, 3.63) is 47.2 Å². The molecule has 0 unspecified atom stereocenters. The van der Waals surface area contributed by atoms with Crippen LogP contribution in [0.1, 0.15) is 17.3 Å². The molecule has 3 aromatic rings. The molecule has 1 amide bonds. The second kappa shape index (κ2) is 7.20. The molecular formula is C15H10F4N4O2S. The molecule has 6 nitrogen and oxygen atoms in total. The number of carbonyl (C=O) groups is 1. The van der Waals surface area contributed by atoms with Crippen LogP contribution in [0.25, 0.3) is 11.3 Å². The van der Waals surface area contributed by atoms with Crippen LogP contribution in [0, 0.1) is 5.82 Å². The van der Waals surface area contributed by atoms with Gasteiger partial charge in [0.15, 0.2) is 11.7 Å². The number of halogens is 4. The van der Waals surface area contributed by atoms with Gasteiger partial charge in [-0.05, 0) is 24.3 Å². The van der Waals surface area contributed by atoms with Crippen molar-refractivity contribution < 1.29 is 26.8 Å². The summed E-state index contributed by atoms with van der Waals surface area (Å²) < 4.78 is 55.7. The largest absolute Gasteiger partial charge is 0.445 e. The Bertz CT molecular complexity index is 905. The molecule has 0 atom stereocenters. The number of benzene rings is 1. The van der Waals surface area contributed by atoms with Crippen LogP contribution in [-0.2, 0) is 17.4 Å². The summed E-state index contributed by atoms with van der Waals surface area (Å²) >= 11 is 0.243. The monoisotopic (exact) mass is 386 g/mol. The molecule has 2 heterocycles. The van der Waals surface area contributed by atoms with Gasteiger partial charge in [-0.15, -0.1) is 10.2 Å². The highest BCUT2D eigenvalue weighted by Gasteiger charge is 2.35. The third-order valence-electron chi connectivity index (χ3n) is 3.16. The van der Waals surface area contributed by atoms with Gasteiger partial charge in [0.05, 0.1) is 6.20 Å². The molecule has 0 radical (unpaired) electrons. The summed E-state index contributed by atoms with van der Waals surface area (Å²) in [5.74, 6) is -0.237. The molecule has 0 saturated carbocycles. The lowest BCUT2D eigenvalue weighted by molar-refractivity contribution is -0.138. The first kappa shape index (κ1) is 18.0. The number of nitrogens with one attached hydrogen (secondary N) is 1. The lowest BCUT2D eigenvalue weighted by atomic mass is 10.2. The first-order chi connectivity index (χ1) is 12.3. The predicted molar refractivity (Wildman–Crippen MR) is 83.8 cm³/mol. The van der Waals surface area contributed by atoms with Crippen molar-refractivity contribution in [3.8, 4) is 11.3 Å². The van der Waals surface area contributed by atoms with Crippen LogP contribution in [0.4, 0.5) is 22.7 Å². The molecule has 1 N–H and O–H groups in total. The van der Waals surface area contributed by atoms with E-state index >= 15 is 0 Å². The van der Waals surface area contributed by atoms with E-state index in [1.54, 1.807) is 0 Å². The lowest BCUT2D eigenvalue weighted by Gasteiger charge is -2.00. The molecule has 0 fully saturated rings. The Morgan fingerprint density at radius 3 is 2.58 bits per heavy atom. The van der Waals surface area contributed by atoms with E-state index in [9.17, 15) is 22.4 Å². The van der Waals surface area contributed by atoms with Crippen LogP contribution in [0.15, 0.2) is 34.9 Å². The summed E-state index contributed by atoms with van der Waals surface area (Å²) in [4.78, 5) is 15.8. The summed E-state index contributed by atoms with van der Waals surface area (Å²) in [6.45, 7) is 0. The second-order valence-corrected chi connectivity index (χ2v) is 6.06. The molecule has 26 heavy (non-hydrogen) atoms. The molecule has 0 aliphatic rings. The molecule has 11 heteroatoms. The second-order valence-electron chi connectivity index (χ2n) is 5.08. The predicted octanol–water partition coefficient (Wildman–Crippen LogP) is 3.92. The highest BCUT2D eigenvalue weighted by atomic mass is 32.1. The fourth-order valence-corrected chi connectivity index (χ4v) is 2.59. The number of alkyl halides is 3. The van der Waals surface area contributed by atoms with Gasteiger partial charge < -0.3 is 9.73 Å². The van der Waals surface area contributed by atoms with Crippen molar-refractivity contribution in [3.63, 3.8) is 0 Å². The number of anilines is 1. The molecule has 0 aliphatic heterocycles. The Hall–Kier alpha value is -2.82. The van der Waals surface area contributed by atoms with Crippen molar-refractivity contribution in [1.82, 2.24) is 15.2 Å². The van der Waals surface area contributed by atoms with Crippen molar-refractivity contribution >= 4 is 22.4 Å². The highest BCUT2D eigenvalue weighted by Crippen LogP contribution is 2.33. The van der Waals surface area contributed by atoms with Crippen molar-refractivity contribution in [2.24, 2.45) is 0 Å². The van der Waals surface area contributed by atoms with Gasteiger partial charge in [0, 0.05) is 18.4 Å². The van der Waals surface area contributed by atoms with Gasteiger partial charge in [0.2, 0.25) is 16.0 Å². The molecule has 136 valence electrons. The van der Waals surface area contributed by atoms with Crippen molar-refractivity contribution in [2.75, 3.05) is 5.32 Å². The normalized spacial score (nSPS) is 11.5. The molecule has 0 saturated heterocycles. The maximum atomic E-state index is 12.9. The minimum Gasteiger partial charge on any atom is -0.441 e. The highest BCUT2D eigenvalue weighted by molar-refractivity contribution is 7.15. The standard InChI is InChI=1S/C15H10F4N4O2S/c16-9-3-1-8(2-4-9)10-7-20-12(25-10)6-5-11(24)21-14-23-22-13(26-14)15(17,18)19/h1-4,7H,5-6H2,(H,21,23,24). The number of nitrogens with zero attached hydrogens (tertiary/aromatic N) is 3. The molecule has 0 aliphatic carbocycles. The topological polar surface area (TPSA) is 80.9 Å². The van der Waals surface area contributed by atoms with Gasteiger partial charge in [-0.1, -0.05) is 11.3 Å². The van der Waals surface area contributed by atoms with Gasteiger partial charge in [-0.2, -0.15) is 13.2 Å². The average molecular weight is 386 g/mol. The summed E-state index contributed by atoms with van der Waals surface area (Å²) in [7, 11) is 0. The third kappa shape index (κ3) is 4.42. The van der Waals surface area contributed by atoms with Gasteiger partial charge >= 0.3 is 6.18 Å². The number of hydrogen-bond donors (Lipinski definition) is 1. The Kier molecular flexibility index (Phi) is 4.98. The van der Waals surface area contributed by atoms with Crippen LogP contribution >= 0.6 is 11.3 Å². The van der Waals surface area contributed by atoms with Crippen molar-refractivity contribution in [2.45, 2.75) is 19.0 Å². The van der Waals surface area contributed by atoms with Gasteiger partial charge in [0.1, 0.15) is 5.82 Å². The van der Waals surface area contributed by atoms with E-state index in [-0.39, 0.29) is 41.0 Å². The van der Waals surface area contributed by atoms with E-state index in [1.807, 2.05) is 0 Å². The molecule has 3 rings (SSSR count). The van der Waals surface area contributed by atoms with Crippen LogP contribution < -0.4 is 5.32 Å². The van der Waals surface area contributed by atoms with Crippen LogP contribution in [0.3, 0.4) is 0 Å². The molecule has 0 bridgehead atoms. The van der Waals surface area contributed by atoms with Gasteiger partial charge in [0.25, 0.3) is 0 Å². The fraction of sp³-hybridized carbons (Fsp3) is 0.200. The van der Waals surface area contributed by atoms with Crippen molar-refractivity contribution in [1.29, 1.82) is 0 Å². The van der Waals surface area contributed by atoms with E-state index in [0.717, 1.165) is 0 Å². The number of carbonyl (C=O) groups excluding carboxylic acids is 1. The molecule has 2 aromatic heterocycles. The Balaban J connectivity index is 1.55. The Morgan fingerprint density at radius 2 is 1.92 bits per heavy atom. The van der Waals surface area contributed by atoms with Crippen LogP contribution in [0.2, 0.25) is 0 Å². The fourth-order valence-electron chi connectivity index (χ4n) is 1.96. The zero-order valence-electron chi connectivity index (χ0n) is 12.9. The molecule has 1 aromatic carbocycles. The van der Waals surface area contributed by atoms with Crippen LogP contribution in [0.5, 0.6) is 0 Å². The van der Waals surface area contributed by atoms with E-state index in [2.05, 4.69) is 20.5 Å². The van der Waals surface area contributed by atoms with E-state index in [1.165, 1.54) is 30.5 Å². The van der Waals surface area contributed by atoms with E-state index in [4.69, 9.17) is 4.42 Å². The average Bonchev–Trinajstić information content (AvgIpc) is 3.22. The number of oxazole rings is 1. The number of amides is 1. The minimum atomic E-state index is -4.60. The quantitative estimate of drug-likeness (QED) is 0.672. The minimum absolute atomic E-state index is 0.0652. The third-order valence-corrected chi connectivity index (χ3v) is 4.05. The first-order valence-electron chi connectivity index (χ1n) is 7.22. The zero-order chi connectivity index (χ0) is 18.7. The summed E-state index contributed by atoms with van der Waals surface area (Å²) in [5.41, 5.74) is 0.628. The lowest BCUT2D eigenvalue weighted by Crippen LogP contribution is -2.12. The smallest absolute Gasteiger partial charge is 0.441 e. The van der Waals surface area contributed by atoms with E-state index < -0.39 is 17.1 Å². The van der Waals surface area contributed by atoms with E-state index in [0.29, 0.717) is 11.3 Å². The van der Waals surface area contributed by atoms with Gasteiger partial charge in [-0.3, -0.25) is 4.79 Å². The maximum absolute atomic E-state index is 12.9. The number of rotatable bonds is 5. The summed E-state index contributed by atoms with van der Waals surface area (Å²) in [6.07, 6.45) is -3.08. The van der Waals surface area contributed by atoms with Gasteiger partial charge in [-0.25, -0.2) is 9.37 Å². The Morgan fingerprint density at radius 1 is 1.19 bits per heavy atom. The number of aryl methyl sites for hydroxylation is 1. The summed E-state index contributed by atoms with van der Waals surface area (Å²) in [6, 6.07) is 5.62. The molecule has 0 spiro atoms. The molecular weight excluding hydrogens is 376 g/mol. The Labute approximate surface area is 147 Å². The first-order valence-corrected chi connectivity index (χ1v) is 8.04.